The van der Waals surface area contributed by atoms with Crippen molar-refractivity contribution in [3.05, 3.63) is 53.9 Å². The lowest BCUT2D eigenvalue weighted by atomic mass is 10.1. The van der Waals surface area contributed by atoms with Gasteiger partial charge in [-0.1, -0.05) is 12.1 Å². The van der Waals surface area contributed by atoms with E-state index in [4.69, 9.17) is 0 Å². The summed E-state index contributed by atoms with van der Waals surface area (Å²) in [6.07, 6.45) is -0.515. The summed E-state index contributed by atoms with van der Waals surface area (Å²) in [5, 5.41) is 0. The Kier molecular flexibility index (Phi) is 4.11. The van der Waals surface area contributed by atoms with Gasteiger partial charge in [-0.05, 0) is 49.2 Å². The Morgan fingerprint density at radius 2 is 1.95 bits per heavy atom. The number of H-pyrrole nitrogens is 1. The highest BCUT2D eigenvalue weighted by atomic mass is 19.4. The third-order valence-corrected chi connectivity index (χ3v) is 3.89. The number of hydrogen-bond donors (Lipinski definition) is 1. The number of hydrogen-bond acceptors (Lipinski definition) is 2. The molecule has 0 bridgehead atoms. The van der Waals surface area contributed by atoms with Gasteiger partial charge in [-0.25, -0.2) is 0 Å². The third kappa shape index (κ3) is 3.62. The predicted octanol–water partition coefficient (Wildman–Crippen LogP) is 4.25. The highest BCUT2D eigenvalue weighted by Gasteiger charge is 2.31. The molecule has 1 N–H and O–H groups in total. The molecule has 1 aromatic heterocycles. The van der Waals surface area contributed by atoms with Crippen molar-refractivity contribution in [3.63, 3.8) is 0 Å². The first-order valence-electron chi connectivity index (χ1n) is 7.23. The summed E-state index contributed by atoms with van der Waals surface area (Å²) in [5.74, 6) is -0.182. The van der Waals surface area contributed by atoms with Crippen LogP contribution in [-0.4, -0.2) is 22.8 Å². The maximum atomic E-state index is 12.1. The number of likely N-dealkylation sites (tertiary alicyclic amines) is 1. The standard InChI is InChI=1S/C16H17F3N2O/c17-16(18,19)22-13-7-5-12(6-8-13)11-21-10-2-4-15(21)14-3-1-9-20-14/h1,3,5-9,15,20H,2,4,10-11H2. The van der Waals surface area contributed by atoms with E-state index in [2.05, 4.69) is 20.7 Å². The van der Waals surface area contributed by atoms with Gasteiger partial charge in [0.15, 0.2) is 0 Å². The number of benzene rings is 1. The van der Waals surface area contributed by atoms with Crippen molar-refractivity contribution in [1.29, 1.82) is 0 Å². The van der Waals surface area contributed by atoms with E-state index in [0.717, 1.165) is 31.5 Å². The van der Waals surface area contributed by atoms with Crippen LogP contribution in [0.1, 0.15) is 30.1 Å². The lowest BCUT2D eigenvalue weighted by Gasteiger charge is -2.23. The molecule has 1 atom stereocenters. The summed E-state index contributed by atoms with van der Waals surface area (Å²) in [5.41, 5.74) is 2.17. The second-order valence-corrected chi connectivity index (χ2v) is 5.45. The quantitative estimate of drug-likeness (QED) is 0.914. The first kappa shape index (κ1) is 15.0. The molecule has 118 valence electrons. The molecule has 0 saturated carbocycles. The topological polar surface area (TPSA) is 28.3 Å². The second kappa shape index (κ2) is 6.04. The Bertz CT molecular complexity index is 593. The fourth-order valence-electron chi connectivity index (χ4n) is 2.95. The van der Waals surface area contributed by atoms with Gasteiger partial charge < -0.3 is 9.72 Å². The van der Waals surface area contributed by atoms with Gasteiger partial charge in [-0.3, -0.25) is 4.90 Å². The average molecular weight is 310 g/mol. The van der Waals surface area contributed by atoms with Gasteiger partial charge in [-0.15, -0.1) is 13.2 Å². The van der Waals surface area contributed by atoms with Crippen molar-refractivity contribution < 1.29 is 17.9 Å². The molecule has 1 fully saturated rings. The summed E-state index contributed by atoms with van der Waals surface area (Å²) < 4.78 is 40.3. The van der Waals surface area contributed by atoms with E-state index in [0.29, 0.717) is 6.04 Å². The first-order chi connectivity index (χ1) is 10.5. The normalized spacial score (nSPS) is 19.5. The largest absolute Gasteiger partial charge is 0.573 e. The highest BCUT2D eigenvalue weighted by Crippen LogP contribution is 2.32. The van der Waals surface area contributed by atoms with Gasteiger partial charge in [0.05, 0.1) is 6.04 Å². The number of nitrogens with zero attached hydrogens (tertiary/aromatic N) is 1. The molecule has 0 amide bonds. The van der Waals surface area contributed by atoms with E-state index in [1.165, 1.54) is 17.8 Å². The van der Waals surface area contributed by atoms with Crippen LogP contribution in [0.4, 0.5) is 13.2 Å². The lowest BCUT2D eigenvalue weighted by Crippen LogP contribution is -2.23. The zero-order valence-electron chi connectivity index (χ0n) is 11.9. The summed E-state index contributed by atoms with van der Waals surface area (Å²) in [6.45, 7) is 1.71. The predicted molar refractivity (Wildman–Crippen MR) is 76.3 cm³/mol. The number of alkyl halides is 3. The molecule has 0 radical (unpaired) electrons. The van der Waals surface area contributed by atoms with E-state index >= 15 is 0 Å². The van der Waals surface area contributed by atoms with Crippen LogP contribution in [0.25, 0.3) is 0 Å². The van der Waals surface area contributed by atoms with Crippen molar-refractivity contribution in [2.45, 2.75) is 31.8 Å². The van der Waals surface area contributed by atoms with Gasteiger partial charge in [0.25, 0.3) is 0 Å². The summed E-state index contributed by atoms with van der Waals surface area (Å²) in [7, 11) is 0. The van der Waals surface area contributed by atoms with Gasteiger partial charge in [0.2, 0.25) is 0 Å². The number of aromatic amines is 1. The van der Waals surface area contributed by atoms with Crippen LogP contribution in [0.3, 0.4) is 0 Å². The van der Waals surface area contributed by atoms with Crippen LogP contribution < -0.4 is 4.74 Å². The van der Waals surface area contributed by atoms with Crippen molar-refractivity contribution >= 4 is 0 Å². The van der Waals surface area contributed by atoms with Gasteiger partial charge in [0.1, 0.15) is 5.75 Å². The summed E-state index contributed by atoms with van der Waals surface area (Å²) >= 11 is 0. The van der Waals surface area contributed by atoms with E-state index in [-0.39, 0.29) is 5.75 Å². The van der Waals surface area contributed by atoms with Gasteiger partial charge >= 0.3 is 6.36 Å². The molecule has 6 heteroatoms. The Morgan fingerprint density at radius 1 is 1.18 bits per heavy atom. The molecule has 0 spiro atoms. The van der Waals surface area contributed by atoms with Gasteiger partial charge in [0, 0.05) is 18.4 Å². The minimum atomic E-state index is -4.64. The lowest BCUT2D eigenvalue weighted by molar-refractivity contribution is -0.274. The zero-order chi connectivity index (χ0) is 15.6. The first-order valence-corrected chi connectivity index (χ1v) is 7.23. The van der Waals surface area contributed by atoms with Crippen LogP contribution in [0.5, 0.6) is 5.75 Å². The van der Waals surface area contributed by atoms with E-state index in [1.54, 1.807) is 12.1 Å². The maximum absolute atomic E-state index is 12.1. The fraction of sp³-hybridized carbons (Fsp3) is 0.375. The fourth-order valence-corrected chi connectivity index (χ4v) is 2.95. The molecule has 1 aliphatic heterocycles. The maximum Gasteiger partial charge on any atom is 0.573 e. The highest BCUT2D eigenvalue weighted by molar-refractivity contribution is 5.27. The zero-order valence-corrected chi connectivity index (χ0v) is 11.9. The Morgan fingerprint density at radius 3 is 2.59 bits per heavy atom. The van der Waals surface area contributed by atoms with E-state index < -0.39 is 6.36 Å². The van der Waals surface area contributed by atoms with Crippen molar-refractivity contribution in [2.75, 3.05) is 6.54 Å². The van der Waals surface area contributed by atoms with E-state index in [1.807, 2.05) is 12.3 Å². The summed E-state index contributed by atoms with van der Waals surface area (Å²) in [6, 6.07) is 10.5. The van der Waals surface area contributed by atoms with Crippen LogP contribution >= 0.6 is 0 Å². The van der Waals surface area contributed by atoms with Gasteiger partial charge in [-0.2, -0.15) is 0 Å². The summed E-state index contributed by atoms with van der Waals surface area (Å²) in [4.78, 5) is 5.58. The van der Waals surface area contributed by atoms with Crippen molar-refractivity contribution in [1.82, 2.24) is 9.88 Å². The smallest absolute Gasteiger partial charge is 0.406 e. The molecule has 1 saturated heterocycles. The molecule has 2 aromatic rings. The minimum Gasteiger partial charge on any atom is -0.406 e. The number of halogens is 3. The second-order valence-electron chi connectivity index (χ2n) is 5.45. The molecule has 3 rings (SSSR count). The molecular weight excluding hydrogens is 293 g/mol. The van der Waals surface area contributed by atoms with Crippen LogP contribution in [0, 0.1) is 0 Å². The Balaban J connectivity index is 1.65. The number of aromatic nitrogens is 1. The monoisotopic (exact) mass is 310 g/mol. The van der Waals surface area contributed by atoms with Crippen LogP contribution in [0.2, 0.25) is 0 Å². The molecule has 1 unspecified atom stereocenters. The number of rotatable bonds is 4. The molecule has 2 heterocycles. The average Bonchev–Trinajstić information content (AvgIpc) is 3.10. The van der Waals surface area contributed by atoms with E-state index in [9.17, 15) is 13.2 Å². The molecule has 3 nitrogen and oxygen atoms in total. The Labute approximate surface area is 126 Å². The molecule has 0 aliphatic carbocycles. The van der Waals surface area contributed by atoms with Crippen molar-refractivity contribution in [2.24, 2.45) is 0 Å². The number of ether oxygens (including phenoxy) is 1. The SMILES string of the molecule is FC(F)(F)Oc1ccc(CN2CCCC2c2ccc[nH]2)cc1. The minimum absolute atomic E-state index is 0.182. The molecule has 22 heavy (non-hydrogen) atoms. The van der Waals surface area contributed by atoms with Crippen LogP contribution in [0.15, 0.2) is 42.6 Å². The third-order valence-electron chi connectivity index (χ3n) is 3.89. The number of nitrogens with one attached hydrogen (secondary N) is 1. The van der Waals surface area contributed by atoms with Crippen LogP contribution in [-0.2, 0) is 6.54 Å². The molecular formula is C16H17F3N2O. The Hall–Kier alpha value is -1.95. The molecule has 1 aliphatic rings. The van der Waals surface area contributed by atoms with Crippen molar-refractivity contribution in [3.8, 4) is 5.75 Å². The molecule has 1 aromatic carbocycles.